The molecule has 2 rings (SSSR count). The van der Waals surface area contributed by atoms with Crippen molar-refractivity contribution in [1.82, 2.24) is 0 Å². The molecule has 156 valence electrons. The summed E-state index contributed by atoms with van der Waals surface area (Å²) in [5, 5.41) is 2.82. The number of rotatable bonds is 9. The number of benzene rings is 2. The second-order valence-electron chi connectivity index (χ2n) is 7.38. The molecule has 2 aromatic carbocycles. The molecule has 0 radical (unpaired) electrons. The Morgan fingerprint density at radius 1 is 1.03 bits per heavy atom. The zero-order valence-electron chi connectivity index (χ0n) is 17.3. The Hall–Kier alpha value is -2.34. The summed E-state index contributed by atoms with van der Waals surface area (Å²) in [5.74, 6) is 0.764. The van der Waals surface area contributed by atoms with E-state index in [2.05, 4.69) is 47.2 Å². The number of hydrogen-bond acceptors (Lipinski definition) is 4. The van der Waals surface area contributed by atoms with Crippen molar-refractivity contribution in [2.24, 2.45) is 0 Å². The average molecular weight is 462 g/mol. The highest BCUT2D eigenvalue weighted by atomic mass is 79.9. The Morgan fingerprint density at radius 2 is 1.72 bits per heavy atom. The molecule has 0 heterocycles. The van der Waals surface area contributed by atoms with Gasteiger partial charge in [0, 0.05) is 12.1 Å². The van der Waals surface area contributed by atoms with Crippen LogP contribution in [0.2, 0.25) is 0 Å². The van der Waals surface area contributed by atoms with Gasteiger partial charge < -0.3 is 14.8 Å². The minimum absolute atomic E-state index is 0.0969. The molecule has 0 fully saturated rings. The number of amides is 1. The summed E-state index contributed by atoms with van der Waals surface area (Å²) in [7, 11) is 0. The number of hydrogen-bond donors (Lipinski definition) is 1. The Balaban J connectivity index is 1.75. The summed E-state index contributed by atoms with van der Waals surface area (Å²) >= 11 is 3.53. The van der Waals surface area contributed by atoms with Gasteiger partial charge >= 0.3 is 5.97 Å². The van der Waals surface area contributed by atoms with Crippen LogP contribution in [0, 0.1) is 0 Å². The smallest absolute Gasteiger partial charge is 0.338 e. The lowest BCUT2D eigenvalue weighted by molar-refractivity contribution is -0.116. The Labute approximate surface area is 180 Å². The van der Waals surface area contributed by atoms with Gasteiger partial charge in [-0.15, -0.1) is 0 Å². The van der Waals surface area contributed by atoms with Crippen LogP contribution in [-0.4, -0.2) is 24.6 Å². The zero-order valence-corrected chi connectivity index (χ0v) is 18.9. The molecule has 1 amide bonds. The molecule has 1 N–H and O–H groups in total. The lowest BCUT2D eigenvalue weighted by Gasteiger charge is -2.11. The van der Waals surface area contributed by atoms with E-state index in [-0.39, 0.29) is 18.0 Å². The maximum absolute atomic E-state index is 12.1. The maximum Gasteiger partial charge on any atom is 0.338 e. The maximum atomic E-state index is 12.1. The first-order chi connectivity index (χ1) is 13.8. The average Bonchev–Trinajstić information content (AvgIpc) is 2.66. The molecular weight excluding hydrogens is 434 g/mol. The van der Waals surface area contributed by atoms with Crippen molar-refractivity contribution in [3.8, 4) is 5.75 Å². The highest BCUT2D eigenvalue weighted by Gasteiger charge is 2.10. The summed E-state index contributed by atoms with van der Waals surface area (Å²) in [6.07, 6.45) is 0.778. The monoisotopic (exact) mass is 461 g/mol. The van der Waals surface area contributed by atoms with Crippen LogP contribution in [-0.2, 0) is 9.53 Å². The van der Waals surface area contributed by atoms with E-state index in [1.165, 1.54) is 5.56 Å². The van der Waals surface area contributed by atoms with Crippen molar-refractivity contribution in [1.29, 1.82) is 0 Å². The van der Waals surface area contributed by atoms with Crippen LogP contribution < -0.4 is 10.1 Å². The number of nitrogens with one attached hydrogen (secondary N) is 1. The quantitative estimate of drug-likeness (QED) is 0.370. The molecule has 6 heteroatoms. The van der Waals surface area contributed by atoms with E-state index in [1.807, 2.05) is 6.07 Å². The number of esters is 1. The highest BCUT2D eigenvalue weighted by molar-refractivity contribution is 9.10. The molecule has 0 saturated heterocycles. The van der Waals surface area contributed by atoms with Gasteiger partial charge in [-0.1, -0.05) is 19.9 Å². The number of carbonyl (C=O) groups is 2. The van der Waals surface area contributed by atoms with Crippen LogP contribution in [0.1, 0.15) is 62.4 Å². The van der Waals surface area contributed by atoms with Crippen LogP contribution in [0.25, 0.3) is 0 Å². The number of carbonyl (C=O) groups excluding carboxylic acids is 2. The van der Waals surface area contributed by atoms with Crippen LogP contribution in [0.3, 0.4) is 0 Å². The minimum Gasteiger partial charge on any atom is -0.492 e. The molecule has 0 aromatic heterocycles. The van der Waals surface area contributed by atoms with Gasteiger partial charge in [-0.2, -0.15) is 0 Å². The lowest BCUT2D eigenvalue weighted by atomic mass is 10.0. The molecule has 2 aromatic rings. The molecule has 0 aliphatic carbocycles. The molecule has 0 saturated carbocycles. The van der Waals surface area contributed by atoms with Crippen molar-refractivity contribution in [3.63, 3.8) is 0 Å². The largest absolute Gasteiger partial charge is 0.492 e. The fraction of sp³-hybridized carbons (Fsp3) is 0.391. The van der Waals surface area contributed by atoms with E-state index in [1.54, 1.807) is 38.1 Å². The molecule has 0 aliphatic heterocycles. The fourth-order valence-corrected chi connectivity index (χ4v) is 3.11. The van der Waals surface area contributed by atoms with Crippen molar-refractivity contribution in [3.05, 3.63) is 58.1 Å². The van der Waals surface area contributed by atoms with Crippen LogP contribution in [0.5, 0.6) is 5.75 Å². The highest BCUT2D eigenvalue weighted by Crippen LogP contribution is 2.29. The second kappa shape index (κ2) is 11.0. The Kier molecular flexibility index (Phi) is 8.70. The SMILES string of the molecule is CC(C)OC(=O)c1ccc(NC(=O)CCCOc2ccc(C(C)C)cc2Br)cc1. The van der Waals surface area contributed by atoms with Crippen molar-refractivity contribution in [2.45, 2.75) is 52.6 Å². The Bertz CT molecular complexity index is 831. The summed E-state index contributed by atoms with van der Waals surface area (Å²) in [6.45, 7) is 8.34. The first-order valence-corrected chi connectivity index (χ1v) is 10.6. The van der Waals surface area contributed by atoms with Crippen LogP contribution in [0.15, 0.2) is 46.9 Å². The second-order valence-corrected chi connectivity index (χ2v) is 8.23. The summed E-state index contributed by atoms with van der Waals surface area (Å²) in [5.41, 5.74) is 2.34. The molecule has 5 nitrogen and oxygen atoms in total. The van der Waals surface area contributed by atoms with Crippen LogP contribution >= 0.6 is 15.9 Å². The number of ether oxygens (including phenoxy) is 2. The molecule has 0 bridgehead atoms. The normalized spacial score (nSPS) is 10.9. The first kappa shape index (κ1) is 22.9. The third-order valence-corrected chi connectivity index (χ3v) is 4.80. The molecule has 0 unspecified atom stereocenters. The van der Waals surface area contributed by atoms with E-state index in [0.717, 1.165) is 10.2 Å². The number of anilines is 1. The van der Waals surface area contributed by atoms with E-state index in [9.17, 15) is 9.59 Å². The summed E-state index contributed by atoms with van der Waals surface area (Å²) in [4.78, 5) is 23.9. The molecular formula is C23H28BrNO4. The molecule has 29 heavy (non-hydrogen) atoms. The fourth-order valence-electron chi connectivity index (χ4n) is 2.60. The van der Waals surface area contributed by atoms with E-state index in [0.29, 0.717) is 36.6 Å². The minimum atomic E-state index is -0.373. The number of halogens is 1. The summed E-state index contributed by atoms with van der Waals surface area (Å²) < 4.78 is 11.8. The topological polar surface area (TPSA) is 64.6 Å². The third kappa shape index (κ3) is 7.54. The predicted molar refractivity (Wildman–Crippen MR) is 119 cm³/mol. The Morgan fingerprint density at radius 3 is 2.31 bits per heavy atom. The first-order valence-electron chi connectivity index (χ1n) is 9.79. The van der Waals surface area contributed by atoms with Gasteiger partial charge in [0.1, 0.15) is 5.75 Å². The summed E-state index contributed by atoms with van der Waals surface area (Å²) in [6, 6.07) is 12.7. The van der Waals surface area contributed by atoms with Crippen molar-refractivity contribution < 1.29 is 19.1 Å². The predicted octanol–water partition coefficient (Wildman–Crippen LogP) is 5.94. The van der Waals surface area contributed by atoms with Gasteiger partial charge in [-0.05, 0) is 84.1 Å². The molecule has 0 spiro atoms. The van der Waals surface area contributed by atoms with Crippen molar-refractivity contribution >= 4 is 33.5 Å². The van der Waals surface area contributed by atoms with E-state index in [4.69, 9.17) is 9.47 Å². The molecule has 0 aliphatic rings. The lowest BCUT2D eigenvalue weighted by Crippen LogP contribution is -2.14. The van der Waals surface area contributed by atoms with Gasteiger partial charge in [0.05, 0.1) is 22.7 Å². The van der Waals surface area contributed by atoms with Gasteiger partial charge in [0.2, 0.25) is 5.91 Å². The van der Waals surface area contributed by atoms with Crippen LogP contribution in [0.4, 0.5) is 5.69 Å². The van der Waals surface area contributed by atoms with Gasteiger partial charge in [-0.25, -0.2) is 4.79 Å². The van der Waals surface area contributed by atoms with Gasteiger partial charge in [0.25, 0.3) is 0 Å². The van der Waals surface area contributed by atoms with E-state index < -0.39 is 0 Å². The standard InChI is InChI=1S/C23H28BrNO4/c1-15(2)18-9-12-21(20(24)14-18)28-13-5-6-22(26)25-19-10-7-17(8-11-19)23(27)29-16(3)4/h7-12,14-16H,5-6,13H2,1-4H3,(H,25,26). The third-order valence-electron chi connectivity index (χ3n) is 4.18. The molecule has 0 atom stereocenters. The van der Waals surface area contributed by atoms with Gasteiger partial charge in [-0.3, -0.25) is 4.79 Å². The van der Waals surface area contributed by atoms with Crippen molar-refractivity contribution in [2.75, 3.05) is 11.9 Å². The zero-order chi connectivity index (χ0) is 21.4. The van der Waals surface area contributed by atoms with E-state index >= 15 is 0 Å². The van der Waals surface area contributed by atoms with Gasteiger partial charge in [0.15, 0.2) is 0 Å².